The molecule has 1 aromatic carbocycles. The Labute approximate surface area is 137 Å². The van der Waals surface area contributed by atoms with Gasteiger partial charge in [-0.25, -0.2) is 0 Å². The zero-order valence-corrected chi connectivity index (χ0v) is 14.9. The van der Waals surface area contributed by atoms with Crippen LogP contribution >= 0.6 is 31.9 Å². The summed E-state index contributed by atoms with van der Waals surface area (Å²) < 4.78 is 13.3. The lowest BCUT2D eigenvalue weighted by Crippen LogP contribution is -2.25. The van der Waals surface area contributed by atoms with E-state index in [1.165, 1.54) is 18.4 Å². The topological polar surface area (TPSA) is 30.5 Å². The molecule has 0 saturated carbocycles. The van der Waals surface area contributed by atoms with E-state index in [1.54, 1.807) is 0 Å². The second-order valence-corrected chi connectivity index (χ2v) is 6.71. The third-order valence-electron chi connectivity index (χ3n) is 3.23. The van der Waals surface area contributed by atoms with Crippen molar-refractivity contribution in [2.75, 3.05) is 19.8 Å². The Bertz CT molecular complexity index is 411. The Morgan fingerprint density at radius 1 is 1.35 bits per heavy atom. The van der Waals surface area contributed by atoms with E-state index >= 15 is 0 Å². The summed E-state index contributed by atoms with van der Waals surface area (Å²) in [6, 6.07) is 4.22. The van der Waals surface area contributed by atoms with E-state index in [0.29, 0.717) is 6.10 Å². The highest BCUT2D eigenvalue weighted by atomic mass is 79.9. The molecule has 0 amide bonds. The van der Waals surface area contributed by atoms with Crippen LogP contribution in [0.4, 0.5) is 0 Å². The minimum absolute atomic E-state index is 0.383. The van der Waals surface area contributed by atoms with Crippen molar-refractivity contribution >= 4 is 31.9 Å². The van der Waals surface area contributed by atoms with Gasteiger partial charge in [0.05, 0.1) is 21.7 Å². The molecule has 1 aliphatic rings. The van der Waals surface area contributed by atoms with Gasteiger partial charge in [-0.2, -0.15) is 0 Å². The number of ether oxygens (including phenoxy) is 2. The van der Waals surface area contributed by atoms with Crippen molar-refractivity contribution in [2.45, 2.75) is 38.8 Å². The lowest BCUT2D eigenvalue weighted by molar-refractivity contribution is 0.110. The van der Waals surface area contributed by atoms with E-state index in [2.05, 4.69) is 56.2 Å². The molecule has 5 heteroatoms. The van der Waals surface area contributed by atoms with Crippen LogP contribution in [0.15, 0.2) is 21.1 Å². The van der Waals surface area contributed by atoms with E-state index in [1.807, 2.05) is 0 Å². The molecule has 1 N–H and O–H groups in total. The van der Waals surface area contributed by atoms with Gasteiger partial charge in [-0.3, -0.25) is 0 Å². The van der Waals surface area contributed by atoms with Gasteiger partial charge in [0.2, 0.25) is 0 Å². The van der Waals surface area contributed by atoms with E-state index in [9.17, 15) is 0 Å². The molecule has 0 aliphatic carbocycles. The smallest absolute Gasteiger partial charge is 0.147 e. The monoisotopic (exact) mass is 405 g/mol. The first kappa shape index (κ1) is 16.3. The molecule has 1 aliphatic heterocycles. The van der Waals surface area contributed by atoms with Crippen LogP contribution in [0.2, 0.25) is 0 Å². The number of halogens is 2. The lowest BCUT2D eigenvalue weighted by atomic mass is 10.2. The van der Waals surface area contributed by atoms with Crippen LogP contribution in [0, 0.1) is 0 Å². The molecule has 112 valence electrons. The highest BCUT2D eigenvalue weighted by molar-refractivity contribution is 9.11. The molecule has 1 fully saturated rings. The van der Waals surface area contributed by atoms with Crippen LogP contribution in [0.5, 0.6) is 5.75 Å². The molecule has 20 heavy (non-hydrogen) atoms. The van der Waals surface area contributed by atoms with Crippen molar-refractivity contribution in [1.82, 2.24) is 5.32 Å². The average molecular weight is 407 g/mol. The largest absolute Gasteiger partial charge is 0.491 e. The number of rotatable bonds is 7. The van der Waals surface area contributed by atoms with Crippen LogP contribution in [-0.2, 0) is 11.3 Å². The molecule has 0 bridgehead atoms. The standard InChI is InChI=1S/C15H21Br2NO2/c1-2-5-20-15-13(16)7-11(8-14(15)17)9-18-10-12-4-3-6-19-12/h7-8,12,18H,2-6,9-10H2,1H3. The van der Waals surface area contributed by atoms with E-state index in [-0.39, 0.29) is 0 Å². The number of nitrogens with one attached hydrogen (secondary N) is 1. The van der Waals surface area contributed by atoms with Crippen LogP contribution in [0.3, 0.4) is 0 Å². The van der Waals surface area contributed by atoms with Crippen molar-refractivity contribution in [3.8, 4) is 5.75 Å². The van der Waals surface area contributed by atoms with Gasteiger partial charge >= 0.3 is 0 Å². The molecule has 1 heterocycles. The molecule has 0 spiro atoms. The van der Waals surface area contributed by atoms with Gasteiger partial charge in [-0.15, -0.1) is 0 Å². The third kappa shape index (κ3) is 4.72. The Hall–Kier alpha value is -0.100. The Morgan fingerprint density at radius 3 is 2.70 bits per heavy atom. The normalized spacial score (nSPS) is 18.4. The third-order valence-corrected chi connectivity index (χ3v) is 4.41. The predicted molar refractivity (Wildman–Crippen MR) is 88.3 cm³/mol. The van der Waals surface area contributed by atoms with E-state index in [0.717, 1.165) is 47.4 Å². The van der Waals surface area contributed by atoms with Crippen LogP contribution in [0.1, 0.15) is 31.7 Å². The van der Waals surface area contributed by atoms with Gasteiger partial charge < -0.3 is 14.8 Å². The Balaban J connectivity index is 1.88. The first-order valence-corrected chi connectivity index (χ1v) is 8.72. The van der Waals surface area contributed by atoms with Gasteiger partial charge in [0.25, 0.3) is 0 Å². The SMILES string of the molecule is CCCOc1c(Br)cc(CNCC2CCCO2)cc1Br. The fraction of sp³-hybridized carbons (Fsp3) is 0.600. The fourth-order valence-corrected chi connectivity index (χ4v) is 3.75. The highest BCUT2D eigenvalue weighted by Gasteiger charge is 2.15. The van der Waals surface area contributed by atoms with Crippen molar-refractivity contribution in [1.29, 1.82) is 0 Å². The van der Waals surface area contributed by atoms with Crippen LogP contribution in [-0.4, -0.2) is 25.9 Å². The molecule has 0 radical (unpaired) electrons. The van der Waals surface area contributed by atoms with Gasteiger partial charge in [0, 0.05) is 19.7 Å². The first-order chi connectivity index (χ1) is 9.70. The Kier molecular flexibility index (Phi) is 6.81. The van der Waals surface area contributed by atoms with Crippen molar-refractivity contribution < 1.29 is 9.47 Å². The molecule has 1 aromatic rings. The molecule has 1 atom stereocenters. The second-order valence-electron chi connectivity index (χ2n) is 5.00. The summed E-state index contributed by atoms with van der Waals surface area (Å²) in [5.74, 6) is 0.884. The maximum Gasteiger partial charge on any atom is 0.147 e. The summed E-state index contributed by atoms with van der Waals surface area (Å²) in [6.07, 6.45) is 3.75. The minimum Gasteiger partial charge on any atom is -0.491 e. The average Bonchev–Trinajstić information content (AvgIpc) is 2.91. The maximum absolute atomic E-state index is 5.72. The van der Waals surface area contributed by atoms with Gasteiger partial charge in [-0.05, 0) is 68.8 Å². The van der Waals surface area contributed by atoms with Crippen molar-refractivity contribution in [2.24, 2.45) is 0 Å². The summed E-state index contributed by atoms with van der Waals surface area (Å²) in [7, 11) is 0. The number of hydrogen-bond donors (Lipinski definition) is 1. The maximum atomic E-state index is 5.72. The zero-order valence-electron chi connectivity index (χ0n) is 11.8. The van der Waals surface area contributed by atoms with Gasteiger partial charge in [0.15, 0.2) is 0 Å². The summed E-state index contributed by atoms with van der Waals surface area (Å²) in [5.41, 5.74) is 1.23. The van der Waals surface area contributed by atoms with Gasteiger partial charge in [-0.1, -0.05) is 6.92 Å². The summed E-state index contributed by atoms with van der Waals surface area (Å²) in [4.78, 5) is 0. The molecule has 0 aromatic heterocycles. The fourth-order valence-electron chi connectivity index (χ4n) is 2.24. The van der Waals surface area contributed by atoms with Crippen molar-refractivity contribution in [3.63, 3.8) is 0 Å². The summed E-state index contributed by atoms with van der Waals surface area (Å²) >= 11 is 7.16. The Morgan fingerprint density at radius 2 is 2.10 bits per heavy atom. The molecule has 1 unspecified atom stereocenters. The molecule has 3 nitrogen and oxygen atoms in total. The van der Waals surface area contributed by atoms with E-state index < -0.39 is 0 Å². The first-order valence-electron chi connectivity index (χ1n) is 7.13. The number of hydrogen-bond acceptors (Lipinski definition) is 3. The summed E-state index contributed by atoms with van der Waals surface area (Å²) in [6.45, 7) is 5.50. The van der Waals surface area contributed by atoms with Crippen LogP contribution in [0.25, 0.3) is 0 Å². The molecule has 2 rings (SSSR count). The molecule has 1 saturated heterocycles. The highest BCUT2D eigenvalue weighted by Crippen LogP contribution is 2.34. The number of benzene rings is 1. The molecular weight excluding hydrogens is 386 g/mol. The quantitative estimate of drug-likeness (QED) is 0.733. The lowest BCUT2D eigenvalue weighted by Gasteiger charge is -2.13. The second kappa shape index (κ2) is 8.37. The van der Waals surface area contributed by atoms with Gasteiger partial charge in [0.1, 0.15) is 5.75 Å². The van der Waals surface area contributed by atoms with E-state index in [4.69, 9.17) is 9.47 Å². The summed E-state index contributed by atoms with van der Waals surface area (Å²) in [5, 5.41) is 3.45. The van der Waals surface area contributed by atoms with Crippen molar-refractivity contribution in [3.05, 3.63) is 26.6 Å². The predicted octanol–water partition coefficient (Wildman–Crippen LogP) is 4.27. The minimum atomic E-state index is 0.383. The molecular formula is C15H21Br2NO2. The van der Waals surface area contributed by atoms with Crippen LogP contribution < -0.4 is 10.1 Å². The zero-order chi connectivity index (χ0) is 14.4.